The van der Waals surface area contributed by atoms with Gasteiger partial charge in [-0.25, -0.2) is 4.39 Å². The molecule has 20 heavy (non-hydrogen) atoms. The van der Waals surface area contributed by atoms with E-state index >= 15 is 0 Å². The van der Waals surface area contributed by atoms with Crippen LogP contribution in [0.2, 0.25) is 0 Å². The highest BCUT2D eigenvalue weighted by Gasteiger charge is 2.26. The standard InChI is InChI=1S/C17H25BrFN/c1-3-20-16(13-9-7-12(2)8-10-13)11-14-5-4-6-15(19)17(14)18/h4-6,12-13,16,20H,3,7-11H2,1-2H3. The molecule has 0 saturated heterocycles. The molecule has 0 aliphatic heterocycles. The molecule has 1 nitrogen and oxygen atoms in total. The van der Waals surface area contributed by atoms with E-state index < -0.39 is 0 Å². The quantitative estimate of drug-likeness (QED) is 0.800. The van der Waals surface area contributed by atoms with Gasteiger partial charge in [-0.2, -0.15) is 0 Å². The minimum Gasteiger partial charge on any atom is -0.314 e. The van der Waals surface area contributed by atoms with Gasteiger partial charge in [0.1, 0.15) is 5.82 Å². The molecule has 0 bridgehead atoms. The lowest BCUT2D eigenvalue weighted by Crippen LogP contribution is -2.39. The lowest BCUT2D eigenvalue weighted by molar-refractivity contribution is 0.230. The van der Waals surface area contributed by atoms with Crippen molar-refractivity contribution >= 4 is 15.9 Å². The van der Waals surface area contributed by atoms with Crippen molar-refractivity contribution in [1.82, 2.24) is 5.32 Å². The van der Waals surface area contributed by atoms with E-state index in [0.717, 1.165) is 30.4 Å². The summed E-state index contributed by atoms with van der Waals surface area (Å²) in [5.74, 6) is 1.44. The van der Waals surface area contributed by atoms with Gasteiger partial charge in [0.05, 0.1) is 4.47 Å². The summed E-state index contributed by atoms with van der Waals surface area (Å²) in [7, 11) is 0. The molecule has 2 rings (SSSR count). The molecule has 1 unspecified atom stereocenters. The van der Waals surface area contributed by atoms with Crippen LogP contribution in [-0.4, -0.2) is 12.6 Å². The van der Waals surface area contributed by atoms with E-state index in [-0.39, 0.29) is 5.82 Å². The average molecular weight is 342 g/mol. The van der Waals surface area contributed by atoms with Gasteiger partial charge < -0.3 is 5.32 Å². The second-order valence-electron chi connectivity index (χ2n) is 6.10. The van der Waals surface area contributed by atoms with Crippen molar-refractivity contribution in [1.29, 1.82) is 0 Å². The Hall–Kier alpha value is -0.410. The van der Waals surface area contributed by atoms with Crippen LogP contribution in [0.25, 0.3) is 0 Å². The largest absolute Gasteiger partial charge is 0.314 e. The summed E-state index contributed by atoms with van der Waals surface area (Å²) in [6.45, 7) is 5.48. The van der Waals surface area contributed by atoms with Crippen molar-refractivity contribution in [2.45, 2.75) is 52.0 Å². The molecule has 1 aliphatic carbocycles. The smallest absolute Gasteiger partial charge is 0.137 e. The fraction of sp³-hybridized carbons (Fsp3) is 0.647. The summed E-state index contributed by atoms with van der Waals surface area (Å²) in [4.78, 5) is 0. The van der Waals surface area contributed by atoms with Gasteiger partial charge in [0.15, 0.2) is 0 Å². The number of halogens is 2. The molecule has 0 heterocycles. The maximum absolute atomic E-state index is 13.6. The minimum absolute atomic E-state index is 0.157. The van der Waals surface area contributed by atoms with Crippen LogP contribution in [0.3, 0.4) is 0 Å². The molecule has 1 fully saturated rings. The molecule has 0 radical (unpaired) electrons. The van der Waals surface area contributed by atoms with Crippen LogP contribution in [0, 0.1) is 17.7 Å². The first-order valence-electron chi connectivity index (χ1n) is 7.78. The molecule has 3 heteroatoms. The zero-order chi connectivity index (χ0) is 14.5. The van der Waals surface area contributed by atoms with E-state index in [1.54, 1.807) is 6.07 Å². The van der Waals surface area contributed by atoms with Crippen molar-refractivity contribution in [2.75, 3.05) is 6.54 Å². The van der Waals surface area contributed by atoms with Gasteiger partial charge in [-0.3, -0.25) is 0 Å². The monoisotopic (exact) mass is 341 g/mol. The first-order valence-corrected chi connectivity index (χ1v) is 8.57. The van der Waals surface area contributed by atoms with Gasteiger partial charge in [-0.15, -0.1) is 0 Å². The number of benzene rings is 1. The van der Waals surface area contributed by atoms with Gasteiger partial charge >= 0.3 is 0 Å². The van der Waals surface area contributed by atoms with Crippen molar-refractivity contribution in [3.63, 3.8) is 0 Å². The Bertz CT molecular complexity index is 427. The van der Waals surface area contributed by atoms with E-state index in [1.807, 2.05) is 6.07 Å². The topological polar surface area (TPSA) is 12.0 Å². The fourth-order valence-corrected chi connectivity index (χ4v) is 3.73. The zero-order valence-corrected chi connectivity index (χ0v) is 14.0. The minimum atomic E-state index is -0.157. The summed E-state index contributed by atoms with van der Waals surface area (Å²) in [6.07, 6.45) is 6.16. The third-order valence-corrected chi connectivity index (χ3v) is 5.46. The molecular formula is C17H25BrFN. The van der Waals surface area contributed by atoms with Crippen molar-refractivity contribution in [3.8, 4) is 0 Å². The molecule has 1 aliphatic rings. The first-order chi connectivity index (χ1) is 9.61. The number of nitrogens with one attached hydrogen (secondary N) is 1. The molecule has 1 N–H and O–H groups in total. The molecule has 0 aromatic heterocycles. The summed E-state index contributed by atoms with van der Waals surface area (Å²) >= 11 is 3.39. The molecule has 0 spiro atoms. The maximum Gasteiger partial charge on any atom is 0.137 e. The number of hydrogen-bond acceptors (Lipinski definition) is 1. The third-order valence-electron chi connectivity index (χ3n) is 4.57. The highest BCUT2D eigenvalue weighted by molar-refractivity contribution is 9.10. The average Bonchev–Trinajstić information content (AvgIpc) is 2.44. The Balaban J connectivity index is 2.07. The fourth-order valence-electron chi connectivity index (χ4n) is 3.30. The predicted molar refractivity (Wildman–Crippen MR) is 86.4 cm³/mol. The van der Waals surface area contributed by atoms with Gasteiger partial charge in [0.25, 0.3) is 0 Å². The third kappa shape index (κ3) is 4.05. The Kier molecular flexibility index (Phi) is 6.03. The molecule has 1 aromatic rings. The van der Waals surface area contributed by atoms with E-state index in [4.69, 9.17) is 0 Å². The van der Waals surface area contributed by atoms with E-state index in [9.17, 15) is 4.39 Å². The molecular weight excluding hydrogens is 317 g/mol. The summed E-state index contributed by atoms with van der Waals surface area (Å²) in [5, 5.41) is 3.62. The molecule has 1 atom stereocenters. The van der Waals surface area contributed by atoms with Crippen molar-refractivity contribution in [3.05, 3.63) is 34.1 Å². The van der Waals surface area contributed by atoms with Gasteiger partial charge in [0.2, 0.25) is 0 Å². The second-order valence-corrected chi connectivity index (χ2v) is 6.89. The normalized spacial score (nSPS) is 24.6. The lowest BCUT2D eigenvalue weighted by Gasteiger charge is -2.33. The number of hydrogen-bond donors (Lipinski definition) is 1. The Morgan fingerprint density at radius 3 is 2.65 bits per heavy atom. The second kappa shape index (κ2) is 7.56. The van der Waals surface area contributed by atoms with Crippen LogP contribution in [0.15, 0.2) is 22.7 Å². The first kappa shape index (κ1) is 16.0. The van der Waals surface area contributed by atoms with E-state index in [2.05, 4.69) is 35.1 Å². The van der Waals surface area contributed by atoms with Crippen molar-refractivity contribution < 1.29 is 4.39 Å². The Morgan fingerprint density at radius 2 is 2.00 bits per heavy atom. The van der Waals surface area contributed by atoms with Crippen LogP contribution in [0.1, 0.15) is 45.1 Å². The molecule has 1 saturated carbocycles. The maximum atomic E-state index is 13.6. The predicted octanol–water partition coefficient (Wildman–Crippen LogP) is 4.94. The zero-order valence-electron chi connectivity index (χ0n) is 12.5. The number of likely N-dealkylation sites (N-methyl/N-ethyl adjacent to an activating group) is 1. The van der Waals surface area contributed by atoms with Crippen LogP contribution >= 0.6 is 15.9 Å². The van der Waals surface area contributed by atoms with Crippen LogP contribution in [0.5, 0.6) is 0 Å². The number of rotatable bonds is 5. The van der Waals surface area contributed by atoms with Crippen molar-refractivity contribution in [2.24, 2.45) is 11.8 Å². The van der Waals surface area contributed by atoms with E-state index in [1.165, 1.54) is 31.7 Å². The van der Waals surface area contributed by atoms with E-state index in [0.29, 0.717) is 10.5 Å². The van der Waals surface area contributed by atoms with Crippen LogP contribution < -0.4 is 5.32 Å². The highest BCUT2D eigenvalue weighted by atomic mass is 79.9. The Morgan fingerprint density at radius 1 is 1.30 bits per heavy atom. The Labute approximate surface area is 130 Å². The molecule has 0 amide bonds. The van der Waals surface area contributed by atoms with Gasteiger partial charge in [-0.05, 0) is 65.2 Å². The summed E-state index contributed by atoms with van der Waals surface area (Å²) in [6, 6.07) is 5.81. The van der Waals surface area contributed by atoms with Crippen LogP contribution in [-0.2, 0) is 6.42 Å². The summed E-state index contributed by atoms with van der Waals surface area (Å²) < 4.78 is 14.3. The molecule has 1 aromatic carbocycles. The molecule has 112 valence electrons. The highest BCUT2D eigenvalue weighted by Crippen LogP contribution is 2.32. The van der Waals surface area contributed by atoms with Crippen LogP contribution in [0.4, 0.5) is 4.39 Å². The van der Waals surface area contributed by atoms with Gasteiger partial charge in [-0.1, -0.05) is 38.8 Å². The summed E-state index contributed by atoms with van der Waals surface area (Å²) in [5.41, 5.74) is 1.08. The lowest BCUT2D eigenvalue weighted by atomic mass is 9.77. The SMILES string of the molecule is CCNC(Cc1cccc(F)c1Br)C1CCC(C)CC1. The van der Waals surface area contributed by atoms with Gasteiger partial charge in [0, 0.05) is 6.04 Å².